The summed E-state index contributed by atoms with van der Waals surface area (Å²) in [7, 11) is 0. The molecule has 1 aliphatic rings. The fourth-order valence-corrected chi connectivity index (χ4v) is 3.17. The maximum Gasteiger partial charge on any atom is 0.178 e. The number of fused-ring (bicyclic) bond motifs is 1. The van der Waals surface area contributed by atoms with Gasteiger partial charge in [0.1, 0.15) is 11.3 Å². The zero-order chi connectivity index (χ0) is 13.8. The minimum Gasteiger partial charge on any atom is -0.376 e. The summed E-state index contributed by atoms with van der Waals surface area (Å²) >= 11 is 5.28. The normalized spacial score (nSPS) is 27.3. The van der Waals surface area contributed by atoms with E-state index in [2.05, 4.69) is 4.98 Å². The first-order valence-corrected chi connectivity index (χ1v) is 6.56. The lowest BCUT2D eigenvalue weighted by Gasteiger charge is -2.30. The van der Waals surface area contributed by atoms with Gasteiger partial charge in [-0.05, 0) is 38.6 Å². The second-order valence-electron chi connectivity index (χ2n) is 5.17. The highest BCUT2D eigenvalue weighted by Crippen LogP contribution is 2.36. The fourth-order valence-electron chi connectivity index (χ4n) is 2.76. The van der Waals surface area contributed by atoms with Crippen LogP contribution < -0.4 is 0 Å². The number of halogens is 2. The fraction of sp³-hybridized carbons (Fsp3) is 0.462. The molecule has 3 rings (SSSR count). The molecule has 2 atom stereocenters. The molecule has 0 bridgehead atoms. The van der Waals surface area contributed by atoms with Crippen LogP contribution in [0.25, 0.3) is 11.0 Å². The van der Waals surface area contributed by atoms with Gasteiger partial charge in [0.05, 0.1) is 17.2 Å². The van der Waals surface area contributed by atoms with Crippen molar-refractivity contribution in [3.63, 3.8) is 0 Å². The molecule has 2 heterocycles. The van der Waals surface area contributed by atoms with E-state index < -0.39 is 17.2 Å². The number of ether oxygens (including phenoxy) is 1. The highest BCUT2D eigenvalue weighted by molar-refractivity contribution is 7.71. The standard InChI is InChI=1S/C13H14F2N2OS/c1-7-13(2,3-4-18-7)17-10-6-8(14)5-9(15)11(10)16-12(17)19/h5-7H,3-4H2,1-2H3,(H,16,19). The number of benzene rings is 1. The third-order valence-electron chi connectivity index (χ3n) is 4.07. The summed E-state index contributed by atoms with van der Waals surface area (Å²) in [5.74, 6) is -1.24. The van der Waals surface area contributed by atoms with Gasteiger partial charge >= 0.3 is 0 Å². The van der Waals surface area contributed by atoms with Gasteiger partial charge in [-0.2, -0.15) is 0 Å². The third kappa shape index (κ3) is 1.74. The van der Waals surface area contributed by atoms with Crippen molar-refractivity contribution in [2.75, 3.05) is 6.61 Å². The van der Waals surface area contributed by atoms with E-state index in [0.29, 0.717) is 16.9 Å². The highest BCUT2D eigenvalue weighted by Gasteiger charge is 2.40. The zero-order valence-corrected chi connectivity index (χ0v) is 11.5. The summed E-state index contributed by atoms with van der Waals surface area (Å²) in [5.41, 5.74) is 0.296. The maximum absolute atomic E-state index is 13.8. The summed E-state index contributed by atoms with van der Waals surface area (Å²) in [6.45, 7) is 4.56. The first-order valence-electron chi connectivity index (χ1n) is 6.15. The number of H-pyrrole nitrogens is 1. The number of hydrogen-bond donors (Lipinski definition) is 1. The van der Waals surface area contributed by atoms with Crippen molar-refractivity contribution in [3.05, 3.63) is 28.5 Å². The van der Waals surface area contributed by atoms with Gasteiger partial charge in [0, 0.05) is 12.7 Å². The van der Waals surface area contributed by atoms with Crippen LogP contribution in [-0.2, 0) is 10.3 Å². The Morgan fingerprint density at radius 3 is 2.84 bits per heavy atom. The van der Waals surface area contributed by atoms with Crippen LogP contribution >= 0.6 is 12.2 Å². The SMILES string of the molecule is CC1OCCC1(C)n1c(=S)[nH]c2c(F)cc(F)cc21. The van der Waals surface area contributed by atoms with Crippen LogP contribution in [0.1, 0.15) is 20.3 Å². The monoisotopic (exact) mass is 284 g/mol. The Labute approximate surface area is 114 Å². The van der Waals surface area contributed by atoms with Gasteiger partial charge in [0.15, 0.2) is 10.6 Å². The molecule has 1 aromatic carbocycles. The number of nitrogens with zero attached hydrogens (tertiary/aromatic N) is 1. The molecule has 1 N–H and O–H groups in total. The van der Waals surface area contributed by atoms with Gasteiger partial charge in [-0.25, -0.2) is 8.78 Å². The van der Waals surface area contributed by atoms with E-state index in [1.54, 1.807) is 4.57 Å². The number of aromatic amines is 1. The molecular weight excluding hydrogens is 270 g/mol. The zero-order valence-electron chi connectivity index (χ0n) is 10.7. The quantitative estimate of drug-likeness (QED) is 0.812. The van der Waals surface area contributed by atoms with E-state index in [1.165, 1.54) is 6.07 Å². The molecule has 3 nitrogen and oxygen atoms in total. The molecule has 0 spiro atoms. The van der Waals surface area contributed by atoms with Crippen molar-refractivity contribution in [2.45, 2.75) is 31.9 Å². The average molecular weight is 284 g/mol. The highest BCUT2D eigenvalue weighted by atomic mass is 32.1. The molecule has 2 aromatic rings. The molecule has 2 unspecified atom stereocenters. The Hall–Kier alpha value is -1.27. The van der Waals surface area contributed by atoms with E-state index in [1.807, 2.05) is 13.8 Å². The van der Waals surface area contributed by atoms with Crippen LogP contribution in [0.2, 0.25) is 0 Å². The van der Waals surface area contributed by atoms with Crippen molar-refractivity contribution < 1.29 is 13.5 Å². The van der Waals surface area contributed by atoms with E-state index in [9.17, 15) is 8.78 Å². The predicted molar refractivity (Wildman–Crippen MR) is 70.7 cm³/mol. The number of nitrogens with one attached hydrogen (secondary N) is 1. The molecule has 6 heteroatoms. The Bertz CT molecular complexity index is 708. The van der Waals surface area contributed by atoms with Crippen molar-refractivity contribution in [1.29, 1.82) is 0 Å². The van der Waals surface area contributed by atoms with Crippen molar-refractivity contribution in [3.8, 4) is 0 Å². The minimum atomic E-state index is -0.630. The first-order chi connectivity index (χ1) is 8.93. The summed E-state index contributed by atoms with van der Waals surface area (Å²) in [4.78, 5) is 2.83. The smallest absolute Gasteiger partial charge is 0.178 e. The molecule has 0 aliphatic carbocycles. The van der Waals surface area contributed by atoms with Gasteiger partial charge < -0.3 is 14.3 Å². The van der Waals surface area contributed by atoms with Gasteiger partial charge in [-0.3, -0.25) is 0 Å². The Morgan fingerprint density at radius 1 is 1.47 bits per heavy atom. The summed E-state index contributed by atoms with van der Waals surface area (Å²) < 4.78 is 35.0. The largest absolute Gasteiger partial charge is 0.376 e. The maximum atomic E-state index is 13.8. The topological polar surface area (TPSA) is 29.9 Å². The predicted octanol–water partition coefficient (Wildman–Crippen LogP) is 3.50. The van der Waals surface area contributed by atoms with Crippen molar-refractivity contribution in [1.82, 2.24) is 9.55 Å². The molecular formula is C13H14F2N2OS. The molecule has 102 valence electrons. The van der Waals surface area contributed by atoms with Crippen LogP contribution in [0.15, 0.2) is 12.1 Å². The van der Waals surface area contributed by atoms with Crippen LogP contribution in [0.4, 0.5) is 8.78 Å². The van der Waals surface area contributed by atoms with Crippen LogP contribution in [0.5, 0.6) is 0 Å². The number of aromatic nitrogens is 2. The van der Waals surface area contributed by atoms with Gasteiger partial charge in [-0.15, -0.1) is 0 Å². The summed E-state index contributed by atoms with van der Waals surface area (Å²) in [6.07, 6.45) is 0.692. The number of hydrogen-bond acceptors (Lipinski definition) is 2. The molecule has 0 amide bonds. The van der Waals surface area contributed by atoms with E-state index in [-0.39, 0.29) is 11.6 Å². The molecule has 1 aliphatic heterocycles. The molecule has 1 saturated heterocycles. The van der Waals surface area contributed by atoms with Crippen LogP contribution in [-0.4, -0.2) is 22.3 Å². The lowest BCUT2D eigenvalue weighted by molar-refractivity contribution is 0.0770. The van der Waals surface area contributed by atoms with Crippen LogP contribution in [0.3, 0.4) is 0 Å². The average Bonchev–Trinajstić information content (AvgIpc) is 2.81. The van der Waals surface area contributed by atoms with Gasteiger partial charge in [0.2, 0.25) is 0 Å². The van der Waals surface area contributed by atoms with Crippen LogP contribution in [0, 0.1) is 16.4 Å². The van der Waals surface area contributed by atoms with E-state index in [0.717, 1.165) is 12.5 Å². The second kappa shape index (κ2) is 4.11. The minimum absolute atomic E-state index is 0.0653. The number of imidazole rings is 1. The van der Waals surface area contributed by atoms with E-state index >= 15 is 0 Å². The molecule has 1 aromatic heterocycles. The molecule has 0 radical (unpaired) electrons. The van der Waals surface area contributed by atoms with Gasteiger partial charge in [0.25, 0.3) is 0 Å². The lowest BCUT2D eigenvalue weighted by Crippen LogP contribution is -2.36. The Kier molecular flexibility index (Phi) is 2.76. The van der Waals surface area contributed by atoms with E-state index in [4.69, 9.17) is 17.0 Å². The Balaban J connectivity index is 2.35. The van der Waals surface area contributed by atoms with Crippen molar-refractivity contribution >= 4 is 23.3 Å². The number of rotatable bonds is 1. The third-order valence-corrected chi connectivity index (χ3v) is 4.36. The summed E-state index contributed by atoms with van der Waals surface area (Å²) in [6, 6.07) is 2.16. The van der Waals surface area contributed by atoms with Gasteiger partial charge in [-0.1, -0.05) is 0 Å². The lowest BCUT2D eigenvalue weighted by atomic mass is 9.94. The second-order valence-corrected chi connectivity index (χ2v) is 5.55. The molecule has 19 heavy (non-hydrogen) atoms. The Morgan fingerprint density at radius 2 is 2.21 bits per heavy atom. The van der Waals surface area contributed by atoms with Crippen molar-refractivity contribution in [2.24, 2.45) is 0 Å². The molecule has 1 fully saturated rings. The summed E-state index contributed by atoms with van der Waals surface area (Å²) in [5, 5.41) is 0. The molecule has 0 saturated carbocycles. The first kappa shape index (κ1) is 12.7.